The molecule has 0 fully saturated rings. The van der Waals surface area contributed by atoms with E-state index in [2.05, 4.69) is 25.2 Å². The van der Waals surface area contributed by atoms with Crippen LogP contribution in [-0.4, -0.2) is 34.0 Å². The second-order valence-electron chi connectivity index (χ2n) is 4.12. The Bertz CT molecular complexity index is 647. The fraction of sp³-hybridized carbons (Fsp3) is 0.333. The number of anilines is 1. The van der Waals surface area contributed by atoms with Gasteiger partial charge in [-0.15, -0.1) is 0 Å². The number of hydrogen-bond donors (Lipinski definition) is 2. The fourth-order valence-corrected chi connectivity index (χ4v) is 2.44. The number of nitrogens with one attached hydrogen (secondary N) is 2. The maximum Gasteiger partial charge on any atom is 0.358 e. The molecule has 0 aliphatic rings. The van der Waals surface area contributed by atoms with E-state index >= 15 is 0 Å². The normalized spacial score (nSPS) is 10.3. The highest BCUT2D eigenvalue weighted by atomic mass is 32.1. The summed E-state index contributed by atoms with van der Waals surface area (Å²) in [6.45, 7) is 3.81. The maximum atomic E-state index is 11.6. The summed E-state index contributed by atoms with van der Waals surface area (Å²) in [5.74, 6) is -0.825. The molecule has 0 aliphatic heterocycles. The highest BCUT2D eigenvalue weighted by Gasteiger charge is 2.21. The lowest BCUT2D eigenvalue weighted by atomic mass is 10.3. The summed E-state index contributed by atoms with van der Waals surface area (Å²) in [4.78, 5) is 27.5. The lowest BCUT2D eigenvalue weighted by Crippen LogP contribution is -2.07. The number of nitrogens with zero attached hydrogens (tertiary/aromatic N) is 2. The van der Waals surface area contributed by atoms with Crippen molar-refractivity contribution in [1.29, 1.82) is 0 Å². The zero-order valence-corrected chi connectivity index (χ0v) is 12.1. The summed E-state index contributed by atoms with van der Waals surface area (Å²) in [5, 5.41) is 10.3. The van der Waals surface area contributed by atoms with Crippen LogP contribution in [0.5, 0.6) is 0 Å². The Labute approximate surface area is 119 Å². The number of methoxy groups -OCH3 is 1. The van der Waals surface area contributed by atoms with Crippen LogP contribution in [-0.2, 0) is 11.3 Å². The standard InChI is InChI=1S/C12H14N4O3S/c1-6-8(5-14-16-6)4-13-12-15-9(11(18)19-3)10(20-12)7(2)17/h5H,4H2,1-3H3,(H,13,15)(H,14,16). The number of aromatic amines is 1. The average Bonchev–Trinajstić information content (AvgIpc) is 3.01. The van der Waals surface area contributed by atoms with Gasteiger partial charge in [0.15, 0.2) is 16.6 Å². The van der Waals surface area contributed by atoms with Crippen LogP contribution in [0.25, 0.3) is 0 Å². The first-order valence-electron chi connectivity index (χ1n) is 5.85. The molecular weight excluding hydrogens is 280 g/mol. The van der Waals surface area contributed by atoms with Gasteiger partial charge in [-0.05, 0) is 6.92 Å². The lowest BCUT2D eigenvalue weighted by Gasteiger charge is -2.00. The molecule has 0 radical (unpaired) electrons. The number of esters is 1. The van der Waals surface area contributed by atoms with Crippen molar-refractivity contribution in [2.24, 2.45) is 0 Å². The van der Waals surface area contributed by atoms with Gasteiger partial charge in [-0.1, -0.05) is 11.3 Å². The number of aryl methyl sites for hydroxylation is 1. The molecule has 2 rings (SSSR count). The molecule has 0 saturated heterocycles. The maximum absolute atomic E-state index is 11.6. The Morgan fingerprint density at radius 1 is 1.50 bits per heavy atom. The molecule has 0 saturated carbocycles. The molecule has 8 heteroatoms. The highest BCUT2D eigenvalue weighted by molar-refractivity contribution is 7.17. The number of aromatic nitrogens is 3. The number of thiazole rings is 1. The Morgan fingerprint density at radius 2 is 2.25 bits per heavy atom. The third-order valence-electron chi connectivity index (χ3n) is 2.69. The first-order chi connectivity index (χ1) is 9.52. The molecule has 2 aromatic heterocycles. The molecule has 0 aromatic carbocycles. The van der Waals surface area contributed by atoms with E-state index < -0.39 is 5.97 Å². The molecule has 0 spiro atoms. The van der Waals surface area contributed by atoms with Gasteiger partial charge in [0, 0.05) is 24.7 Å². The predicted octanol–water partition coefficient (Wildman–Crippen LogP) is 1.78. The average molecular weight is 294 g/mol. The topological polar surface area (TPSA) is 97.0 Å². The second-order valence-corrected chi connectivity index (χ2v) is 5.12. The molecule has 2 heterocycles. The van der Waals surface area contributed by atoms with Crippen molar-refractivity contribution in [3.05, 3.63) is 28.0 Å². The SMILES string of the molecule is COC(=O)c1nc(NCc2cn[nH]c2C)sc1C(C)=O. The lowest BCUT2D eigenvalue weighted by molar-refractivity contribution is 0.0591. The molecule has 0 atom stereocenters. The minimum atomic E-state index is -0.612. The first-order valence-corrected chi connectivity index (χ1v) is 6.67. The number of carbonyl (C=O) groups is 2. The molecule has 0 aliphatic carbocycles. The molecule has 106 valence electrons. The van der Waals surface area contributed by atoms with E-state index in [0.29, 0.717) is 16.6 Å². The fourth-order valence-electron chi connectivity index (χ4n) is 1.59. The van der Waals surface area contributed by atoms with Crippen molar-refractivity contribution in [3.63, 3.8) is 0 Å². The number of carbonyl (C=O) groups excluding carboxylic acids is 2. The molecular formula is C12H14N4O3S. The number of hydrogen-bond acceptors (Lipinski definition) is 7. The zero-order chi connectivity index (χ0) is 14.7. The van der Waals surface area contributed by atoms with Crippen LogP contribution in [0.15, 0.2) is 6.20 Å². The van der Waals surface area contributed by atoms with Gasteiger partial charge in [-0.2, -0.15) is 5.10 Å². The van der Waals surface area contributed by atoms with E-state index in [1.807, 2.05) is 6.92 Å². The monoisotopic (exact) mass is 294 g/mol. The largest absolute Gasteiger partial charge is 0.464 e. The van der Waals surface area contributed by atoms with Crippen LogP contribution in [0.2, 0.25) is 0 Å². The van der Waals surface area contributed by atoms with E-state index in [1.54, 1.807) is 6.20 Å². The van der Waals surface area contributed by atoms with Crippen molar-refractivity contribution in [2.45, 2.75) is 20.4 Å². The Hall–Kier alpha value is -2.22. The van der Waals surface area contributed by atoms with E-state index in [-0.39, 0.29) is 11.5 Å². The first kappa shape index (κ1) is 14.2. The van der Waals surface area contributed by atoms with Gasteiger partial charge in [-0.25, -0.2) is 9.78 Å². The quantitative estimate of drug-likeness (QED) is 0.644. The van der Waals surface area contributed by atoms with E-state index in [0.717, 1.165) is 22.6 Å². The summed E-state index contributed by atoms with van der Waals surface area (Å²) in [7, 11) is 1.26. The van der Waals surface area contributed by atoms with Crippen molar-refractivity contribution in [3.8, 4) is 0 Å². The summed E-state index contributed by atoms with van der Waals surface area (Å²) in [5.41, 5.74) is 2.00. The van der Waals surface area contributed by atoms with Gasteiger partial charge in [0.1, 0.15) is 4.88 Å². The van der Waals surface area contributed by atoms with Crippen molar-refractivity contribution in [1.82, 2.24) is 15.2 Å². The molecule has 0 bridgehead atoms. The smallest absolute Gasteiger partial charge is 0.358 e. The van der Waals surface area contributed by atoms with Gasteiger partial charge >= 0.3 is 5.97 Å². The third-order valence-corrected chi connectivity index (χ3v) is 3.80. The van der Waals surface area contributed by atoms with E-state index in [9.17, 15) is 9.59 Å². The molecule has 0 amide bonds. The number of H-pyrrole nitrogens is 1. The van der Waals surface area contributed by atoms with Gasteiger partial charge in [0.2, 0.25) is 0 Å². The number of ketones is 1. The number of rotatable bonds is 5. The summed E-state index contributed by atoms with van der Waals surface area (Å²) in [6.07, 6.45) is 1.71. The van der Waals surface area contributed by atoms with Crippen LogP contribution < -0.4 is 5.32 Å². The number of ether oxygens (including phenoxy) is 1. The number of Topliss-reactive ketones (excluding diaryl/α,β-unsaturated/α-hetero) is 1. The third kappa shape index (κ3) is 2.85. The van der Waals surface area contributed by atoms with Crippen LogP contribution in [0.4, 0.5) is 5.13 Å². The van der Waals surface area contributed by atoms with Gasteiger partial charge in [0.05, 0.1) is 13.3 Å². The minimum Gasteiger partial charge on any atom is -0.464 e. The van der Waals surface area contributed by atoms with Crippen molar-refractivity contribution >= 4 is 28.2 Å². The summed E-state index contributed by atoms with van der Waals surface area (Å²) >= 11 is 1.14. The van der Waals surface area contributed by atoms with Crippen LogP contribution >= 0.6 is 11.3 Å². The van der Waals surface area contributed by atoms with Crippen LogP contribution in [0.3, 0.4) is 0 Å². The molecule has 7 nitrogen and oxygen atoms in total. The van der Waals surface area contributed by atoms with Crippen molar-refractivity contribution < 1.29 is 14.3 Å². The minimum absolute atomic E-state index is 0.0522. The molecule has 2 N–H and O–H groups in total. The molecule has 2 aromatic rings. The highest BCUT2D eigenvalue weighted by Crippen LogP contribution is 2.24. The Balaban J connectivity index is 2.19. The van der Waals surface area contributed by atoms with Crippen LogP contribution in [0, 0.1) is 6.92 Å². The zero-order valence-electron chi connectivity index (χ0n) is 11.3. The summed E-state index contributed by atoms with van der Waals surface area (Å²) in [6, 6.07) is 0. The Kier molecular flexibility index (Phi) is 4.14. The molecule has 20 heavy (non-hydrogen) atoms. The van der Waals surface area contributed by atoms with Crippen LogP contribution in [0.1, 0.15) is 38.3 Å². The van der Waals surface area contributed by atoms with Gasteiger partial charge in [0.25, 0.3) is 0 Å². The summed E-state index contributed by atoms with van der Waals surface area (Å²) < 4.78 is 4.62. The van der Waals surface area contributed by atoms with Gasteiger partial charge in [-0.3, -0.25) is 9.89 Å². The Morgan fingerprint density at radius 3 is 2.80 bits per heavy atom. The van der Waals surface area contributed by atoms with Crippen molar-refractivity contribution in [2.75, 3.05) is 12.4 Å². The van der Waals surface area contributed by atoms with E-state index in [4.69, 9.17) is 0 Å². The van der Waals surface area contributed by atoms with Gasteiger partial charge < -0.3 is 10.1 Å². The predicted molar refractivity (Wildman–Crippen MR) is 74.1 cm³/mol. The van der Waals surface area contributed by atoms with E-state index in [1.165, 1.54) is 14.0 Å². The second kappa shape index (κ2) is 5.83. The molecule has 0 unspecified atom stereocenters.